The molecule has 9 heteroatoms. The summed E-state index contributed by atoms with van der Waals surface area (Å²) in [5.74, 6) is 2.05. The van der Waals surface area contributed by atoms with Crippen LogP contribution in [0.1, 0.15) is 48.6 Å². The molecule has 40 heavy (non-hydrogen) atoms. The van der Waals surface area contributed by atoms with Gasteiger partial charge in [0.15, 0.2) is 0 Å². The zero-order valence-electron chi connectivity index (χ0n) is 23.0. The van der Waals surface area contributed by atoms with Crippen LogP contribution in [0, 0.1) is 13.8 Å². The number of ether oxygens (including phenoxy) is 1. The molecule has 4 aromatic rings. The lowest BCUT2D eigenvalue weighted by Gasteiger charge is -2.29. The van der Waals surface area contributed by atoms with Crippen LogP contribution < -0.4 is 15.4 Å². The number of thioether (sulfide) groups is 1. The Labute approximate surface area is 244 Å². The van der Waals surface area contributed by atoms with E-state index in [9.17, 15) is 4.79 Å². The molecule has 206 valence electrons. The topological polar surface area (TPSA) is 81.1 Å². The third-order valence-corrected chi connectivity index (χ3v) is 8.33. The van der Waals surface area contributed by atoms with Crippen molar-refractivity contribution >= 4 is 40.9 Å². The summed E-state index contributed by atoms with van der Waals surface area (Å²) in [7, 11) is 0. The number of carbonyl (C=O) groups excluding carboxylic acids is 1. The molecule has 0 saturated heterocycles. The Morgan fingerprint density at radius 2 is 1.85 bits per heavy atom. The third kappa shape index (κ3) is 5.88. The van der Waals surface area contributed by atoms with Crippen LogP contribution in [0.15, 0.2) is 83.2 Å². The van der Waals surface area contributed by atoms with Crippen LogP contribution in [0.25, 0.3) is 0 Å². The number of carbonyl (C=O) groups is 1. The number of anilines is 2. The monoisotopic (exact) mass is 573 g/mol. The molecule has 1 aliphatic rings. The number of hydrogen-bond donors (Lipinski definition) is 2. The first-order valence-electron chi connectivity index (χ1n) is 13.3. The minimum atomic E-state index is -0.470. The van der Waals surface area contributed by atoms with Crippen molar-refractivity contribution in [1.29, 1.82) is 0 Å². The van der Waals surface area contributed by atoms with E-state index >= 15 is 0 Å². The maximum absolute atomic E-state index is 13.9. The Morgan fingerprint density at radius 3 is 2.60 bits per heavy atom. The summed E-state index contributed by atoms with van der Waals surface area (Å²) in [5, 5.41) is 12.6. The van der Waals surface area contributed by atoms with Gasteiger partial charge in [-0.3, -0.25) is 4.79 Å². The van der Waals surface area contributed by atoms with Crippen LogP contribution >= 0.6 is 23.4 Å². The van der Waals surface area contributed by atoms with Gasteiger partial charge in [0.05, 0.1) is 5.57 Å². The largest absolute Gasteiger partial charge is 0.489 e. The lowest BCUT2D eigenvalue weighted by atomic mass is 9.94. The zero-order chi connectivity index (χ0) is 28.2. The highest BCUT2D eigenvalue weighted by molar-refractivity contribution is 7.99. The van der Waals surface area contributed by atoms with E-state index in [-0.39, 0.29) is 5.91 Å². The summed E-state index contributed by atoms with van der Waals surface area (Å²) < 4.78 is 7.81. The average molecular weight is 574 g/mol. The number of nitrogens with zero attached hydrogens (tertiary/aromatic N) is 3. The second-order valence-electron chi connectivity index (χ2n) is 9.73. The highest BCUT2D eigenvalue weighted by Crippen LogP contribution is 2.37. The van der Waals surface area contributed by atoms with E-state index < -0.39 is 6.04 Å². The van der Waals surface area contributed by atoms with Crippen LogP contribution in [-0.4, -0.2) is 26.4 Å². The fourth-order valence-corrected chi connectivity index (χ4v) is 5.46. The molecule has 2 heterocycles. The molecular weight excluding hydrogens is 542 g/mol. The lowest BCUT2D eigenvalue weighted by Crippen LogP contribution is -2.31. The standard InChI is InChI=1S/C31H32ClN5O2S/c1-5-17-40-31-35-30-33-21(4)27(29(38)34-26-12-8-9-19(2)20(26)3)28(37(30)36-31)22-13-15-24(16-14-22)39-18-23-10-6-7-11-25(23)32/h6-16,28H,5,17-18H2,1-4H3,(H,34,38)(H,33,35,36). The molecule has 5 rings (SSSR count). The molecule has 1 aromatic heterocycles. The molecule has 1 atom stereocenters. The number of aromatic nitrogens is 3. The maximum Gasteiger partial charge on any atom is 0.255 e. The van der Waals surface area contributed by atoms with Crippen molar-refractivity contribution in [2.45, 2.75) is 51.9 Å². The van der Waals surface area contributed by atoms with Crippen molar-refractivity contribution in [2.24, 2.45) is 0 Å². The van der Waals surface area contributed by atoms with E-state index in [0.717, 1.165) is 45.8 Å². The molecule has 0 aliphatic carbocycles. The Hall–Kier alpha value is -3.75. The quantitative estimate of drug-likeness (QED) is 0.201. The first kappa shape index (κ1) is 27.8. The zero-order valence-corrected chi connectivity index (χ0v) is 24.6. The second kappa shape index (κ2) is 12.2. The number of allylic oxidation sites excluding steroid dienone is 1. The molecule has 0 spiro atoms. The van der Waals surface area contributed by atoms with E-state index in [0.29, 0.717) is 34.1 Å². The third-order valence-electron chi connectivity index (χ3n) is 6.91. The normalized spacial score (nSPS) is 14.5. The Balaban J connectivity index is 1.47. The summed E-state index contributed by atoms with van der Waals surface area (Å²) in [6.45, 7) is 8.44. The molecule has 1 unspecified atom stereocenters. The molecule has 0 radical (unpaired) electrons. The fourth-order valence-electron chi connectivity index (χ4n) is 4.59. The first-order valence-corrected chi connectivity index (χ1v) is 14.6. The van der Waals surface area contributed by atoms with Gasteiger partial charge in [0.25, 0.3) is 5.91 Å². The number of hydrogen-bond acceptors (Lipinski definition) is 6. The van der Waals surface area contributed by atoms with Crippen molar-refractivity contribution in [3.8, 4) is 5.75 Å². The SMILES string of the molecule is CCCSc1nc2n(n1)C(c1ccc(OCc3ccccc3Cl)cc1)C(C(=O)Nc1cccc(C)c1C)=C(C)N2. The number of aryl methyl sites for hydroxylation is 1. The molecule has 3 aromatic carbocycles. The summed E-state index contributed by atoms with van der Waals surface area (Å²) in [6.07, 6.45) is 1.02. The minimum Gasteiger partial charge on any atom is -0.489 e. The van der Waals surface area contributed by atoms with E-state index in [1.54, 1.807) is 11.8 Å². The van der Waals surface area contributed by atoms with Crippen molar-refractivity contribution in [2.75, 3.05) is 16.4 Å². The van der Waals surface area contributed by atoms with E-state index in [1.165, 1.54) is 0 Å². The number of fused-ring (bicyclic) bond motifs is 1. The summed E-state index contributed by atoms with van der Waals surface area (Å²) in [6, 6.07) is 20.8. The van der Waals surface area contributed by atoms with Crippen molar-refractivity contribution in [3.05, 3.63) is 105 Å². The Kier molecular flexibility index (Phi) is 8.47. The van der Waals surface area contributed by atoms with Crippen LogP contribution in [0.3, 0.4) is 0 Å². The second-order valence-corrected chi connectivity index (χ2v) is 11.2. The van der Waals surface area contributed by atoms with Crippen LogP contribution in [-0.2, 0) is 11.4 Å². The number of rotatable bonds is 9. The number of amides is 1. The van der Waals surface area contributed by atoms with Crippen molar-refractivity contribution < 1.29 is 9.53 Å². The van der Waals surface area contributed by atoms with Gasteiger partial charge in [-0.25, -0.2) is 4.68 Å². The van der Waals surface area contributed by atoms with E-state index in [1.807, 2.05) is 92.2 Å². The number of halogens is 1. The summed E-state index contributed by atoms with van der Waals surface area (Å²) >= 11 is 7.89. The van der Waals surface area contributed by atoms with Crippen LogP contribution in [0.2, 0.25) is 5.02 Å². The van der Waals surface area contributed by atoms with Gasteiger partial charge in [0.2, 0.25) is 11.1 Å². The number of benzene rings is 3. The van der Waals surface area contributed by atoms with E-state index in [2.05, 4.69) is 17.6 Å². The molecule has 0 fully saturated rings. The molecule has 7 nitrogen and oxygen atoms in total. The molecule has 1 amide bonds. The van der Waals surface area contributed by atoms with Gasteiger partial charge in [-0.1, -0.05) is 72.8 Å². The highest BCUT2D eigenvalue weighted by atomic mass is 35.5. The Bertz CT molecular complexity index is 1560. The summed E-state index contributed by atoms with van der Waals surface area (Å²) in [4.78, 5) is 18.6. The lowest BCUT2D eigenvalue weighted by molar-refractivity contribution is -0.113. The van der Waals surface area contributed by atoms with Gasteiger partial charge < -0.3 is 15.4 Å². The first-order chi connectivity index (χ1) is 19.4. The van der Waals surface area contributed by atoms with Crippen molar-refractivity contribution in [3.63, 3.8) is 0 Å². The van der Waals surface area contributed by atoms with Gasteiger partial charge in [-0.2, -0.15) is 4.98 Å². The minimum absolute atomic E-state index is 0.188. The van der Waals surface area contributed by atoms with Gasteiger partial charge in [0.1, 0.15) is 18.4 Å². The smallest absolute Gasteiger partial charge is 0.255 e. The average Bonchev–Trinajstić information content (AvgIpc) is 3.35. The molecule has 0 saturated carbocycles. The Morgan fingerprint density at radius 1 is 1.07 bits per heavy atom. The van der Waals surface area contributed by atoms with Gasteiger partial charge in [0, 0.05) is 27.7 Å². The van der Waals surface area contributed by atoms with Crippen LogP contribution in [0.5, 0.6) is 5.75 Å². The molecule has 2 N–H and O–H groups in total. The molecule has 1 aliphatic heterocycles. The number of nitrogens with one attached hydrogen (secondary N) is 2. The molecule has 0 bridgehead atoms. The van der Waals surface area contributed by atoms with Gasteiger partial charge in [-0.05, 0) is 68.1 Å². The molecular formula is C31H32ClN5O2S. The highest BCUT2D eigenvalue weighted by Gasteiger charge is 2.34. The summed E-state index contributed by atoms with van der Waals surface area (Å²) in [5.41, 5.74) is 6.07. The van der Waals surface area contributed by atoms with Crippen LogP contribution in [0.4, 0.5) is 11.6 Å². The predicted molar refractivity (Wildman–Crippen MR) is 162 cm³/mol. The maximum atomic E-state index is 13.9. The van der Waals surface area contributed by atoms with E-state index in [4.69, 9.17) is 26.4 Å². The predicted octanol–water partition coefficient (Wildman–Crippen LogP) is 7.56. The van der Waals surface area contributed by atoms with Gasteiger partial charge in [-0.15, -0.1) is 5.10 Å². The van der Waals surface area contributed by atoms with Gasteiger partial charge >= 0.3 is 0 Å². The van der Waals surface area contributed by atoms with Crippen molar-refractivity contribution in [1.82, 2.24) is 14.8 Å². The fraction of sp³-hybridized carbons (Fsp3) is 0.258.